The van der Waals surface area contributed by atoms with Crippen LogP contribution in [0.5, 0.6) is 0 Å². The molecule has 0 unspecified atom stereocenters. The van der Waals surface area contributed by atoms with Crippen LogP contribution in [-0.2, 0) is 11.2 Å². The number of carbonyl (C=O) groups is 1. The summed E-state index contributed by atoms with van der Waals surface area (Å²) in [7, 11) is 0. The van der Waals surface area contributed by atoms with Crippen LogP contribution in [0.2, 0.25) is 0 Å². The van der Waals surface area contributed by atoms with Gasteiger partial charge in [-0.1, -0.05) is 6.07 Å². The second kappa shape index (κ2) is 7.15. The minimum Gasteiger partial charge on any atom is -0.341 e. The standard InChI is InChI=1S/C16H21N5O/c22-16(8-3-6-14-5-1-2-9-18-14)20-10-4-7-15(11-20)21-13-17-12-19-21/h1-2,5,9,12-13,15H,3-4,6-8,10-11H2/t15-/m0/s1. The first kappa shape index (κ1) is 14.7. The maximum Gasteiger partial charge on any atom is 0.222 e. The maximum absolute atomic E-state index is 12.4. The fourth-order valence-electron chi connectivity index (χ4n) is 2.93. The average Bonchev–Trinajstić information content (AvgIpc) is 3.10. The molecule has 0 aliphatic carbocycles. The zero-order valence-electron chi connectivity index (χ0n) is 12.6. The van der Waals surface area contributed by atoms with Crippen LogP contribution in [-0.4, -0.2) is 43.6 Å². The van der Waals surface area contributed by atoms with Crippen molar-refractivity contribution in [1.29, 1.82) is 0 Å². The van der Waals surface area contributed by atoms with E-state index in [2.05, 4.69) is 15.1 Å². The van der Waals surface area contributed by atoms with E-state index in [1.165, 1.54) is 0 Å². The van der Waals surface area contributed by atoms with Crippen molar-refractivity contribution >= 4 is 5.91 Å². The number of hydrogen-bond donors (Lipinski definition) is 0. The predicted molar refractivity (Wildman–Crippen MR) is 82.0 cm³/mol. The number of nitrogens with zero attached hydrogens (tertiary/aromatic N) is 5. The van der Waals surface area contributed by atoms with Crippen LogP contribution in [0.15, 0.2) is 37.1 Å². The second-order valence-corrected chi connectivity index (χ2v) is 5.69. The van der Waals surface area contributed by atoms with Gasteiger partial charge < -0.3 is 4.90 Å². The number of aromatic nitrogens is 4. The van der Waals surface area contributed by atoms with E-state index in [4.69, 9.17) is 0 Å². The molecular weight excluding hydrogens is 278 g/mol. The summed E-state index contributed by atoms with van der Waals surface area (Å²) in [6.45, 7) is 1.60. The van der Waals surface area contributed by atoms with Crippen molar-refractivity contribution in [2.45, 2.75) is 38.1 Å². The molecule has 2 aromatic heterocycles. The van der Waals surface area contributed by atoms with Gasteiger partial charge in [0.2, 0.25) is 5.91 Å². The molecule has 0 saturated carbocycles. The van der Waals surface area contributed by atoms with Crippen LogP contribution >= 0.6 is 0 Å². The Kier molecular flexibility index (Phi) is 4.78. The molecule has 1 aliphatic rings. The van der Waals surface area contributed by atoms with E-state index in [1.54, 1.807) is 18.9 Å². The lowest BCUT2D eigenvalue weighted by Gasteiger charge is -2.32. The Bertz CT molecular complexity index is 584. The van der Waals surface area contributed by atoms with Crippen LogP contribution in [0.4, 0.5) is 0 Å². The van der Waals surface area contributed by atoms with Crippen molar-refractivity contribution in [3.63, 3.8) is 0 Å². The fraction of sp³-hybridized carbons (Fsp3) is 0.500. The van der Waals surface area contributed by atoms with Gasteiger partial charge in [0.15, 0.2) is 0 Å². The van der Waals surface area contributed by atoms with Crippen LogP contribution in [0.3, 0.4) is 0 Å². The van der Waals surface area contributed by atoms with Gasteiger partial charge in [-0.05, 0) is 37.8 Å². The Morgan fingerprint density at radius 1 is 1.36 bits per heavy atom. The Balaban J connectivity index is 1.47. The Morgan fingerprint density at radius 3 is 3.09 bits per heavy atom. The lowest BCUT2D eigenvalue weighted by atomic mass is 10.0. The van der Waals surface area contributed by atoms with Crippen LogP contribution in [0.25, 0.3) is 0 Å². The highest BCUT2D eigenvalue weighted by atomic mass is 16.2. The van der Waals surface area contributed by atoms with Gasteiger partial charge in [-0.2, -0.15) is 5.10 Å². The van der Waals surface area contributed by atoms with Crippen LogP contribution in [0.1, 0.15) is 37.4 Å². The molecule has 1 fully saturated rings. The summed E-state index contributed by atoms with van der Waals surface area (Å²) in [6, 6.07) is 6.16. The van der Waals surface area contributed by atoms with Crippen LogP contribution < -0.4 is 0 Å². The van der Waals surface area contributed by atoms with Crippen LogP contribution in [0, 0.1) is 0 Å². The first-order chi connectivity index (χ1) is 10.8. The highest BCUT2D eigenvalue weighted by Gasteiger charge is 2.24. The fourth-order valence-corrected chi connectivity index (χ4v) is 2.93. The van der Waals surface area contributed by atoms with Crippen molar-refractivity contribution in [2.75, 3.05) is 13.1 Å². The predicted octanol–water partition coefficient (Wildman–Crippen LogP) is 1.86. The third-order valence-electron chi connectivity index (χ3n) is 4.11. The molecule has 3 heterocycles. The number of piperidine rings is 1. The zero-order valence-corrected chi connectivity index (χ0v) is 12.6. The largest absolute Gasteiger partial charge is 0.341 e. The molecular formula is C16H21N5O. The molecule has 2 aromatic rings. The van der Waals surface area contributed by atoms with Gasteiger partial charge in [0, 0.05) is 31.4 Å². The average molecular weight is 299 g/mol. The van der Waals surface area contributed by atoms with Crippen molar-refractivity contribution < 1.29 is 4.79 Å². The quantitative estimate of drug-likeness (QED) is 0.845. The third kappa shape index (κ3) is 3.69. The van der Waals surface area contributed by atoms with Crippen molar-refractivity contribution in [2.24, 2.45) is 0 Å². The summed E-state index contributed by atoms with van der Waals surface area (Å²) < 4.78 is 1.87. The normalized spacial score (nSPS) is 18.4. The summed E-state index contributed by atoms with van der Waals surface area (Å²) in [6.07, 6.45) is 9.45. The minimum absolute atomic E-state index is 0.237. The van der Waals surface area contributed by atoms with Crippen molar-refractivity contribution in [3.8, 4) is 0 Å². The van der Waals surface area contributed by atoms with Gasteiger partial charge in [0.25, 0.3) is 0 Å². The molecule has 1 saturated heterocycles. The number of hydrogen-bond acceptors (Lipinski definition) is 4. The summed E-state index contributed by atoms with van der Waals surface area (Å²) >= 11 is 0. The molecule has 1 aliphatic heterocycles. The molecule has 0 bridgehead atoms. The molecule has 0 spiro atoms. The first-order valence-corrected chi connectivity index (χ1v) is 7.85. The maximum atomic E-state index is 12.4. The van der Waals surface area contributed by atoms with E-state index in [0.29, 0.717) is 6.42 Å². The lowest BCUT2D eigenvalue weighted by Crippen LogP contribution is -2.40. The molecule has 3 rings (SSSR count). The lowest BCUT2D eigenvalue weighted by molar-refractivity contribution is -0.133. The van der Waals surface area contributed by atoms with Gasteiger partial charge in [0.1, 0.15) is 12.7 Å². The highest BCUT2D eigenvalue weighted by molar-refractivity contribution is 5.76. The molecule has 6 heteroatoms. The molecule has 0 aromatic carbocycles. The van der Waals surface area contributed by atoms with Crippen molar-refractivity contribution in [3.05, 3.63) is 42.7 Å². The summed E-state index contributed by atoms with van der Waals surface area (Å²) in [5.41, 5.74) is 1.05. The molecule has 0 radical (unpaired) electrons. The Morgan fingerprint density at radius 2 is 2.32 bits per heavy atom. The summed E-state index contributed by atoms with van der Waals surface area (Å²) in [5, 5.41) is 4.19. The topological polar surface area (TPSA) is 63.9 Å². The van der Waals surface area contributed by atoms with Gasteiger partial charge in [0.05, 0.1) is 6.04 Å². The number of aryl methyl sites for hydroxylation is 1. The van der Waals surface area contributed by atoms with E-state index < -0.39 is 0 Å². The second-order valence-electron chi connectivity index (χ2n) is 5.69. The molecule has 22 heavy (non-hydrogen) atoms. The van der Waals surface area contributed by atoms with Gasteiger partial charge in [-0.3, -0.25) is 9.78 Å². The third-order valence-corrected chi connectivity index (χ3v) is 4.11. The Labute approximate surface area is 130 Å². The summed E-state index contributed by atoms with van der Waals surface area (Å²) in [5.74, 6) is 0.237. The minimum atomic E-state index is 0.237. The van der Waals surface area contributed by atoms with E-state index in [-0.39, 0.29) is 11.9 Å². The van der Waals surface area contributed by atoms with E-state index in [1.807, 2.05) is 27.8 Å². The van der Waals surface area contributed by atoms with E-state index in [9.17, 15) is 4.79 Å². The Hall–Kier alpha value is -2.24. The smallest absolute Gasteiger partial charge is 0.222 e. The molecule has 1 amide bonds. The van der Waals surface area contributed by atoms with Gasteiger partial charge in [-0.25, -0.2) is 9.67 Å². The number of likely N-dealkylation sites (tertiary alicyclic amines) is 1. The molecule has 1 atom stereocenters. The number of pyridine rings is 1. The number of carbonyl (C=O) groups excluding carboxylic acids is 1. The van der Waals surface area contributed by atoms with Gasteiger partial charge >= 0.3 is 0 Å². The zero-order chi connectivity index (χ0) is 15.2. The molecule has 116 valence electrons. The van der Waals surface area contributed by atoms with Gasteiger partial charge in [-0.15, -0.1) is 0 Å². The highest BCUT2D eigenvalue weighted by Crippen LogP contribution is 2.21. The molecule has 0 N–H and O–H groups in total. The monoisotopic (exact) mass is 299 g/mol. The number of rotatable bonds is 5. The van der Waals surface area contributed by atoms with Crippen molar-refractivity contribution in [1.82, 2.24) is 24.6 Å². The van der Waals surface area contributed by atoms with E-state index >= 15 is 0 Å². The first-order valence-electron chi connectivity index (χ1n) is 7.85. The summed E-state index contributed by atoms with van der Waals surface area (Å²) in [4.78, 5) is 22.6. The van der Waals surface area contributed by atoms with E-state index in [0.717, 1.165) is 44.5 Å². The number of amides is 1. The molecule has 6 nitrogen and oxygen atoms in total. The SMILES string of the molecule is O=C(CCCc1ccccn1)N1CCC[C@H](n2cncn2)C1.